The maximum Gasteiger partial charge on any atom is 0.230 e. The Morgan fingerprint density at radius 1 is 0.917 bits per heavy atom. The third-order valence-corrected chi connectivity index (χ3v) is 8.28. The van der Waals surface area contributed by atoms with Crippen LogP contribution < -0.4 is 0 Å². The van der Waals surface area contributed by atoms with E-state index in [0.717, 1.165) is 12.1 Å². The van der Waals surface area contributed by atoms with Gasteiger partial charge in [-0.3, -0.25) is 0 Å². The largest absolute Gasteiger partial charge is 0.230 e. The lowest BCUT2D eigenvalue weighted by molar-refractivity contribution is 1.42. The first-order chi connectivity index (χ1) is 5.33. The van der Waals surface area contributed by atoms with Crippen molar-refractivity contribution in [1.29, 1.82) is 0 Å². The second-order valence-electron chi connectivity index (χ2n) is 3.35. The number of rotatable bonds is 2. The van der Waals surface area contributed by atoms with Crippen LogP contribution in [0.2, 0.25) is 25.2 Å². The van der Waals surface area contributed by atoms with E-state index in [4.69, 9.17) is 22.2 Å². The quantitative estimate of drug-likeness (QED) is 0.391. The lowest BCUT2D eigenvalue weighted by Crippen LogP contribution is -2.23. The molecule has 70 valence electrons. The molecule has 0 aliphatic carbocycles. The van der Waals surface area contributed by atoms with E-state index >= 15 is 0 Å². The van der Waals surface area contributed by atoms with Crippen molar-refractivity contribution in [2.45, 2.75) is 39.0 Å². The molecule has 4 heteroatoms. The van der Waals surface area contributed by atoms with Gasteiger partial charge in [0.15, 0.2) is 0 Å². The standard InChI is InChI=1S/C8H16Cl2Si2/c1-5-11(3,9)7-8-12(4,10)6-2/h5-6H2,1-4H3. The summed E-state index contributed by atoms with van der Waals surface area (Å²) in [6, 6.07) is 1.99. The molecule has 0 heterocycles. The smallest absolute Gasteiger partial charge is 0.150 e. The lowest BCUT2D eigenvalue weighted by atomic mass is 11.0. The van der Waals surface area contributed by atoms with Crippen LogP contribution in [0.5, 0.6) is 0 Å². The van der Waals surface area contributed by atoms with Gasteiger partial charge in [0.1, 0.15) is 0 Å². The number of hydrogen-bond acceptors (Lipinski definition) is 0. The zero-order chi connectivity index (χ0) is 9.83. The van der Waals surface area contributed by atoms with E-state index in [0.29, 0.717) is 0 Å². The fourth-order valence-electron chi connectivity index (χ4n) is 0.437. The van der Waals surface area contributed by atoms with Gasteiger partial charge in [0.2, 0.25) is 14.8 Å². The van der Waals surface area contributed by atoms with Crippen LogP contribution in [-0.2, 0) is 0 Å². The predicted octanol–water partition coefficient (Wildman–Crippen LogP) is 3.74. The van der Waals surface area contributed by atoms with Crippen molar-refractivity contribution < 1.29 is 0 Å². The van der Waals surface area contributed by atoms with E-state index in [2.05, 4.69) is 38.0 Å². The van der Waals surface area contributed by atoms with Crippen LogP contribution in [0.3, 0.4) is 0 Å². The van der Waals surface area contributed by atoms with Crippen LogP contribution in [0, 0.1) is 11.1 Å². The SMILES string of the molecule is CC[Si](C)(Cl)C#C[Si](C)(Cl)CC. The molecule has 2 atom stereocenters. The second-order valence-corrected chi connectivity index (χ2v) is 15.1. The normalized spacial score (nSPS) is 20.2. The third kappa shape index (κ3) is 5.26. The first-order valence-corrected chi connectivity index (χ1v) is 11.7. The average molecular weight is 239 g/mol. The Hall–Kier alpha value is 0.574. The summed E-state index contributed by atoms with van der Waals surface area (Å²) in [5.74, 6) is 0. The summed E-state index contributed by atoms with van der Waals surface area (Å²) in [6.45, 7) is 8.32. The second kappa shape index (κ2) is 4.71. The van der Waals surface area contributed by atoms with Gasteiger partial charge in [0.25, 0.3) is 0 Å². The summed E-state index contributed by atoms with van der Waals surface area (Å²) in [6.07, 6.45) is 0. The highest BCUT2D eigenvalue weighted by Crippen LogP contribution is 2.16. The Morgan fingerprint density at radius 3 is 1.33 bits per heavy atom. The topological polar surface area (TPSA) is 0 Å². The van der Waals surface area contributed by atoms with Gasteiger partial charge in [-0.15, -0.1) is 11.1 Å². The molecule has 0 nitrogen and oxygen atoms in total. The minimum Gasteiger partial charge on any atom is -0.150 e. The van der Waals surface area contributed by atoms with Crippen LogP contribution in [0.1, 0.15) is 13.8 Å². The van der Waals surface area contributed by atoms with Crippen molar-refractivity contribution in [2.75, 3.05) is 0 Å². The van der Waals surface area contributed by atoms with E-state index < -0.39 is 14.8 Å². The fourth-order valence-corrected chi connectivity index (χ4v) is 3.73. The molecule has 0 amide bonds. The zero-order valence-electron chi connectivity index (χ0n) is 8.17. The van der Waals surface area contributed by atoms with Gasteiger partial charge < -0.3 is 0 Å². The minimum absolute atomic E-state index is 0.993. The van der Waals surface area contributed by atoms with Gasteiger partial charge in [-0.2, -0.15) is 22.2 Å². The van der Waals surface area contributed by atoms with E-state index in [9.17, 15) is 0 Å². The molecule has 0 spiro atoms. The summed E-state index contributed by atoms with van der Waals surface area (Å²) in [5, 5.41) is 0. The molecule has 0 aromatic carbocycles. The molecule has 0 aromatic rings. The molecule has 0 bridgehead atoms. The molecule has 0 aliphatic heterocycles. The summed E-state index contributed by atoms with van der Waals surface area (Å²) < 4.78 is 0. The molecule has 0 N–H and O–H groups in total. The fraction of sp³-hybridized carbons (Fsp3) is 0.750. The van der Waals surface area contributed by atoms with Gasteiger partial charge >= 0.3 is 0 Å². The van der Waals surface area contributed by atoms with Crippen molar-refractivity contribution >= 4 is 36.9 Å². The molecule has 0 rings (SSSR count). The lowest BCUT2D eigenvalue weighted by Gasteiger charge is -2.11. The molecule has 0 fully saturated rings. The highest BCUT2D eigenvalue weighted by Gasteiger charge is 2.22. The van der Waals surface area contributed by atoms with Crippen molar-refractivity contribution in [2.24, 2.45) is 0 Å². The van der Waals surface area contributed by atoms with Gasteiger partial charge in [-0.05, 0) is 25.2 Å². The van der Waals surface area contributed by atoms with Crippen LogP contribution in [0.15, 0.2) is 0 Å². The third-order valence-electron chi connectivity index (χ3n) is 1.91. The summed E-state index contributed by atoms with van der Waals surface area (Å²) in [7, 11) is -3.48. The Morgan fingerprint density at radius 2 is 1.17 bits per heavy atom. The first kappa shape index (κ1) is 12.6. The summed E-state index contributed by atoms with van der Waals surface area (Å²) in [5.41, 5.74) is 6.37. The predicted molar refractivity (Wildman–Crippen MR) is 63.7 cm³/mol. The molecule has 12 heavy (non-hydrogen) atoms. The maximum absolute atomic E-state index is 6.21. The molecule has 0 saturated carbocycles. The van der Waals surface area contributed by atoms with Crippen LogP contribution >= 0.6 is 22.2 Å². The number of hydrogen-bond donors (Lipinski definition) is 0. The Balaban J connectivity index is 4.39. The van der Waals surface area contributed by atoms with Crippen molar-refractivity contribution in [3.63, 3.8) is 0 Å². The van der Waals surface area contributed by atoms with Gasteiger partial charge in [0.05, 0.1) is 0 Å². The molecule has 0 aromatic heterocycles. The molecule has 0 saturated heterocycles. The monoisotopic (exact) mass is 238 g/mol. The van der Waals surface area contributed by atoms with Crippen LogP contribution in [0.4, 0.5) is 0 Å². The van der Waals surface area contributed by atoms with E-state index in [-0.39, 0.29) is 0 Å². The Kier molecular flexibility index (Phi) is 4.94. The van der Waals surface area contributed by atoms with Gasteiger partial charge in [0, 0.05) is 0 Å². The van der Waals surface area contributed by atoms with Gasteiger partial charge in [-0.1, -0.05) is 13.8 Å². The summed E-state index contributed by atoms with van der Waals surface area (Å²) >= 11 is 12.4. The highest BCUT2D eigenvalue weighted by atomic mass is 35.6. The molecule has 0 aliphatic rings. The van der Waals surface area contributed by atoms with Crippen LogP contribution in [-0.4, -0.2) is 14.8 Å². The van der Waals surface area contributed by atoms with Crippen LogP contribution in [0.25, 0.3) is 0 Å². The van der Waals surface area contributed by atoms with Crippen molar-refractivity contribution in [3.05, 3.63) is 0 Å². The van der Waals surface area contributed by atoms with E-state index in [1.54, 1.807) is 0 Å². The average Bonchev–Trinajstić information content (AvgIpc) is 2.02. The zero-order valence-corrected chi connectivity index (χ0v) is 11.7. The first-order valence-electron chi connectivity index (χ1n) is 4.25. The van der Waals surface area contributed by atoms with Crippen molar-refractivity contribution in [1.82, 2.24) is 0 Å². The minimum atomic E-state index is -1.74. The maximum atomic E-state index is 6.21. The Bertz CT molecular complexity index is 181. The van der Waals surface area contributed by atoms with E-state index in [1.807, 2.05) is 0 Å². The van der Waals surface area contributed by atoms with Crippen molar-refractivity contribution in [3.8, 4) is 11.1 Å². The number of halogens is 2. The highest BCUT2D eigenvalue weighted by molar-refractivity contribution is 7.27. The summed E-state index contributed by atoms with van der Waals surface area (Å²) in [4.78, 5) is 0. The van der Waals surface area contributed by atoms with Gasteiger partial charge in [-0.25, -0.2) is 0 Å². The molecule has 2 unspecified atom stereocenters. The van der Waals surface area contributed by atoms with E-state index in [1.165, 1.54) is 0 Å². The molecular formula is C8H16Cl2Si2. The Labute approximate surface area is 87.1 Å². The molecular weight excluding hydrogens is 223 g/mol. The molecule has 0 radical (unpaired) electrons.